The predicted octanol–water partition coefficient (Wildman–Crippen LogP) is 3.67. The van der Waals surface area contributed by atoms with Crippen LogP contribution < -0.4 is 15.4 Å². The molecule has 1 atom stereocenters. The van der Waals surface area contributed by atoms with Crippen LogP contribution in [0.3, 0.4) is 0 Å². The number of anilines is 1. The Labute approximate surface area is 189 Å². The van der Waals surface area contributed by atoms with Gasteiger partial charge in [0.1, 0.15) is 11.6 Å². The first-order valence-corrected chi connectivity index (χ1v) is 11.0. The number of hydrogen-bond donors (Lipinski definition) is 2. The number of benzene rings is 2. The fraction of sp³-hybridized carbons (Fsp3) is 0.273. The highest BCUT2D eigenvalue weighted by molar-refractivity contribution is 7.99. The zero-order valence-electron chi connectivity index (χ0n) is 18.0. The lowest BCUT2D eigenvalue weighted by Gasteiger charge is -2.15. The lowest BCUT2D eigenvalue weighted by molar-refractivity contribution is -0.113. The van der Waals surface area contributed by atoms with Gasteiger partial charge in [-0.3, -0.25) is 9.59 Å². The van der Waals surface area contributed by atoms with Crippen molar-refractivity contribution in [3.05, 3.63) is 65.7 Å². The topological polar surface area (TPSA) is 98.1 Å². The zero-order chi connectivity index (χ0) is 23.1. The number of ether oxygens (including phenoxy) is 1. The smallest absolute Gasteiger partial charge is 0.251 e. The maximum absolute atomic E-state index is 13.1. The van der Waals surface area contributed by atoms with E-state index in [-0.39, 0.29) is 17.6 Å². The molecule has 32 heavy (non-hydrogen) atoms. The minimum absolute atomic E-state index is 0.131. The quantitative estimate of drug-likeness (QED) is 0.476. The van der Waals surface area contributed by atoms with Gasteiger partial charge in [0.05, 0.1) is 24.6 Å². The first kappa shape index (κ1) is 23.3. The maximum Gasteiger partial charge on any atom is 0.251 e. The molecule has 3 aromatic rings. The molecule has 2 N–H and O–H groups in total. The van der Waals surface area contributed by atoms with Crippen LogP contribution in [0.15, 0.2) is 53.7 Å². The molecule has 0 radical (unpaired) electrons. The molecule has 0 aliphatic heterocycles. The molecule has 168 valence electrons. The summed E-state index contributed by atoms with van der Waals surface area (Å²) < 4.78 is 20.2. The van der Waals surface area contributed by atoms with E-state index in [1.54, 1.807) is 26.2 Å². The van der Waals surface area contributed by atoms with Crippen molar-refractivity contribution in [2.45, 2.75) is 31.6 Å². The first-order chi connectivity index (χ1) is 15.4. The van der Waals surface area contributed by atoms with Crippen LogP contribution >= 0.6 is 11.8 Å². The number of para-hydroxylation sites is 2. The highest BCUT2D eigenvalue weighted by Crippen LogP contribution is 2.25. The molecule has 2 aromatic carbocycles. The monoisotopic (exact) mass is 457 g/mol. The van der Waals surface area contributed by atoms with Crippen LogP contribution in [-0.2, 0) is 11.3 Å². The summed E-state index contributed by atoms with van der Waals surface area (Å²) in [5, 5.41) is 14.6. The Hall–Kier alpha value is -3.40. The Morgan fingerprint density at radius 1 is 1.16 bits per heavy atom. The Bertz CT molecular complexity index is 1090. The van der Waals surface area contributed by atoms with Gasteiger partial charge in [-0.15, -0.1) is 10.2 Å². The second-order valence-corrected chi connectivity index (χ2v) is 7.77. The van der Waals surface area contributed by atoms with Crippen LogP contribution in [0.4, 0.5) is 10.1 Å². The van der Waals surface area contributed by atoms with Gasteiger partial charge in [-0.05, 0) is 50.2 Å². The number of rotatable bonds is 9. The average Bonchev–Trinajstić information content (AvgIpc) is 3.21. The van der Waals surface area contributed by atoms with Crippen LogP contribution in [0.1, 0.15) is 36.1 Å². The molecule has 0 fully saturated rings. The van der Waals surface area contributed by atoms with E-state index in [1.807, 2.05) is 23.6 Å². The van der Waals surface area contributed by atoms with Crippen molar-refractivity contribution in [2.24, 2.45) is 0 Å². The molecule has 0 bridgehead atoms. The molecular formula is C22H24FN5O3S. The van der Waals surface area contributed by atoms with Crippen molar-refractivity contribution in [3.8, 4) is 5.75 Å². The number of methoxy groups -OCH3 is 1. The first-order valence-electron chi connectivity index (χ1n) is 9.98. The summed E-state index contributed by atoms with van der Waals surface area (Å²) in [7, 11) is 1.54. The molecule has 0 spiro atoms. The summed E-state index contributed by atoms with van der Waals surface area (Å²) in [5.41, 5.74) is 0.943. The zero-order valence-corrected chi connectivity index (χ0v) is 18.8. The normalized spacial score (nSPS) is 11.6. The van der Waals surface area contributed by atoms with Gasteiger partial charge in [0, 0.05) is 12.1 Å². The summed E-state index contributed by atoms with van der Waals surface area (Å²) >= 11 is 1.25. The molecule has 1 aromatic heterocycles. The second-order valence-electron chi connectivity index (χ2n) is 6.82. The van der Waals surface area contributed by atoms with Gasteiger partial charge in [0.15, 0.2) is 11.0 Å². The van der Waals surface area contributed by atoms with Crippen LogP contribution in [-0.4, -0.2) is 39.4 Å². The van der Waals surface area contributed by atoms with Gasteiger partial charge < -0.3 is 19.9 Å². The molecule has 0 saturated heterocycles. The Kier molecular flexibility index (Phi) is 7.82. The van der Waals surface area contributed by atoms with E-state index < -0.39 is 11.9 Å². The maximum atomic E-state index is 13.1. The number of hydrogen-bond acceptors (Lipinski definition) is 6. The van der Waals surface area contributed by atoms with Crippen LogP contribution in [0.2, 0.25) is 0 Å². The van der Waals surface area contributed by atoms with Crippen molar-refractivity contribution in [3.63, 3.8) is 0 Å². The number of thioether (sulfide) groups is 1. The molecule has 1 heterocycles. The van der Waals surface area contributed by atoms with E-state index in [2.05, 4.69) is 20.8 Å². The van der Waals surface area contributed by atoms with Gasteiger partial charge in [0.25, 0.3) is 5.91 Å². The summed E-state index contributed by atoms with van der Waals surface area (Å²) in [5.74, 6) is 0.327. The Morgan fingerprint density at radius 3 is 2.56 bits per heavy atom. The van der Waals surface area contributed by atoms with E-state index in [9.17, 15) is 14.0 Å². The molecule has 1 unspecified atom stereocenters. The third kappa shape index (κ3) is 5.64. The minimum atomic E-state index is -0.434. The molecule has 0 aliphatic rings. The predicted molar refractivity (Wildman–Crippen MR) is 120 cm³/mol. The van der Waals surface area contributed by atoms with E-state index >= 15 is 0 Å². The molecular weight excluding hydrogens is 433 g/mol. The lowest BCUT2D eigenvalue weighted by atomic mass is 10.2. The van der Waals surface area contributed by atoms with Crippen molar-refractivity contribution in [1.29, 1.82) is 0 Å². The van der Waals surface area contributed by atoms with E-state index in [4.69, 9.17) is 4.74 Å². The van der Waals surface area contributed by atoms with Gasteiger partial charge in [-0.25, -0.2) is 4.39 Å². The van der Waals surface area contributed by atoms with Gasteiger partial charge in [-0.1, -0.05) is 23.9 Å². The van der Waals surface area contributed by atoms with Crippen molar-refractivity contribution >= 4 is 29.3 Å². The standard InChI is InChI=1S/C22H24FN5O3S/c1-4-28-20(14(2)24-21(30)15-9-11-16(23)12-10-15)26-27-22(28)32-13-19(29)25-17-7-5-6-8-18(17)31-3/h5-12,14H,4,13H2,1-3H3,(H,24,30)(H,25,29). The van der Waals surface area contributed by atoms with Crippen molar-refractivity contribution in [1.82, 2.24) is 20.1 Å². The second kappa shape index (κ2) is 10.8. The fourth-order valence-corrected chi connectivity index (χ4v) is 3.84. The highest BCUT2D eigenvalue weighted by atomic mass is 32.2. The molecule has 2 amide bonds. The van der Waals surface area contributed by atoms with E-state index in [0.717, 1.165) is 0 Å². The SMILES string of the molecule is CCn1c(SCC(=O)Nc2ccccc2OC)nnc1C(C)NC(=O)c1ccc(F)cc1. The number of carbonyl (C=O) groups is 2. The van der Waals surface area contributed by atoms with Crippen molar-refractivity contribution < 1.29 is 18.7 Å². The third-order valence-corrected chi connectivity index (χ3v) is 5.58. The van der Waals surface area contributed by atoms with E-state index in [0.29, 0.717) is 34.5 Å². The van der Waals surface area contributed by atoms with Crippen LogP contribution in [0, 0.1) is 5.82 Å². The van der Waals surface area contributed by atoms with E-state index in [1.165, 1.54) is 36.0 Å². The van der Waals surface area contributed by atoms with Gasteiger partial charge in [-0.2, -0.15) is 0 Å². The summed E-state index contributed by atoms with van der Waals surface area (Å²) in [6.45, 7) is 4.29. The Morgan fingerprint density at radius 2 is 1.88 bits per heavy atom. The summed E-state index contributed by atoms with van der Waals surface area (Å²) in [6.07, 6.45) is 0. The van der Waals surface area contributed by atoms with Crippen LogP contribution in [0.25, 0.3) is 0 Å². The number of amides is 2. The third-order valence-electron chi connectivity index (χ3n) is 4.62. The highest BCUT2D eigenvalue weighted by Gasteiger charge is 2.20. The number of nitrogens with one attached hydrogen (secondary N) is 2. The number of carbonyl (C=O) groups excluding carboxylic acids is 2. The fourth-order valence-electron chi connectivity index (χ4n) is 3.03. The largest absolute Gasteiger partial charge is 0.495 e. The molecule has 0 saturated carbocycles. The summed E-state index contributed by atoms with van der Waals surface area (Å²) in [6, 6.07) is 12.0. The Balaban J connectivity index is 1.63. The van der Waals surface area contributed by atoms with Crippen molar-refractivity contribution in [2.75, 3.05) is 18.2 Å². The number of halogens is 1. The number of nitrogens with zero attached hydrogens (tertiary/aromatic N) is 3. The molecule has 10 heteroatoms. The molecule has 8 nitrogen and oxygen atoms in total. The molecule has 3 rings (SSSR count). The van der Waals surface area contributed by atoms with Gasteiger partial charge in [0.2, 0.25) is 5.91 Å². The average molecular weight is 458 g/mol. The molecule has 0 aliphatic carbocycles. The number of aromatic nitrogens is 3. The van der Waals surface area contributed by atoms with Gasteiger partial charge >= 0.3 is 0 Å². The minimum Gasteiger partial charge on any atom is -0.495 e. The van der Waals surface area contributed by atoms with Crippen LogP contribution in [0.5, 0.6) is 5.75 Å². The summed E-state index contributed by atoms with van der Waals surface area (Å²) in [4.78, 5) is 24.8. The lowest BCUT2D eigenvalue weighted by Crippen LogP contribution is -2.28.